The number of carbonyl (C=O) groups excluding carboxylic acids is 1. The van der Waals surface area contributed by atoms with Gasteiger partial charge in [-0.1, -0.05) is 54.1 Å². The molecule has 0 aliphatic carbocycles. The molecule has 0 spiro atoms. The molecule has 0 radical (unpaired) electrons. The summed E-state index contributed by atoms with van der Waals surface area (Å²) in [6, 6.07) is 22.9. The standard InChI is InChI=1S/C26H21ClFN5O/c1-16-23(24(27)33(32-16)19-13-11-18(28)12-14-19)26(34)31-22(15-17-7-3-2-4-8-17)25-29-20-9-5-6-10-21(20)30-25/h2-14,22H,15H2,1H3,(H,29,30)(H,31,34)/t22-/m0/s1. The lowest BCUT2D eigenvalue weighted by molar-refractivity contribution is 0.0934. The van der Waals surface area contributed by atoms with Crippen molar-refractivity contribution in [2.75, 3.05) is 0 Å². The largest absolute Gasteiger partial charge is 0.342 e. The summed E-state index contributed by atoms with van der Waals surface area (Å²) in [6.07, 6.45) is 0.537. The van der Waals surface area contributed by atoms with E-state index in [1.807, 2.05) is 54.6 Å². The Kier molecular flexibility index (Phi) is 5.86. The van der Waals surface area contributed by atoms with Crippen molar-refractivity contribution in [2.45, 2.75) is 19.4 Å². The van der Waals surface area contributed by atoms with E-state index in [4.69, 9.17) is 16.6 Å². The van der Waals surface area contributed by atoms with Crippen LogP contribution in [0.25, 0.3) is 16.7 Å². The molecule has 5 aromatic rings. The molecule has 0 saturated heterocycles. The van der Waals surface area contributed by atoms with Gasteiger partial charge in [0.15, 0.2) is 0 Å². The van der Waals surface area contributed by atoms with Gasteiger partial charge in [-0.15, -0.1) is 0 Å². The number of amides is 1. The highest BCUT2D eigenvalue weighted by Crippen LogP contribution is 2.26. The zero-order valence-corrected chi connectivity index (χ0v) is 19.1. The van der Waals surface area contributed by atoms with Gasteiger partial charge in [-0.05, 0) is 55.3 Å². The van der Waals surface area contributed by atoms with Gasteiger partial charge in [0, 0.05) is 0 Å². The van der Waals surface area contributed by atoms with Gasteiger partial charge in [0.25, 0.3) is 5.91 Å². The van der Waals surface area contributed by atoms with E-state index >= 15 is 0 Å². The van der Waals surface area contributed by atoms with E-state index in [2.05, 4.69) is 15.4 Å². The third-order valence-corrected chi connectivity index (χ3v) is 5.98. The molecule has 1 atom stereocenters. The van der Waals surface area contributed by atoms with Crippen LogP contribution in [0.1, 0.15) is 33.5 Å². The number of carbonyl (C=O) groups is 1. The van der Waals surface area contributed by atoms with E-state index in [-0.39, 0.29) is 22.4 Å². The maximum atomic E-state index is 13.4. The Balaban J connectivity index is 1.48. The molecule has 8 heteroatoms. The van der Waals surface area contributed by atoms with Crippen molar-refractivity contribution in [3.8, 4) is 5.69 Å². The van der Waals surface area contributed by atoms with Crippen molar-refractivity contribution < 1.29 is 9.18 Å². The fourth-order valence-electron chi connectivity index (χ4n) is 3.94. The summed E-state index contributed by atoms with van der Waals surface area (Å²) >= 11 is 6.58. The second kappa shape index (κ2) is 9.11. The van der Waals surface area contributed by atoms with Crippen LogP contribution in [0, 0.1) is 12.7 Å². The second-order valence-electron chi connectivity index (χ2n) is 7.99. The minimum Gasteiger partial charge on any atom is -0.342 e. The molecule has 2 heterocycles. The maximum absolute atomic E-state index is 13.4. The van der Waals surface area contributed by atoms with Gasteiger partial charge in [-0.2, -0.15) is 5.10 Å². The molecule has 0 aliphatic heterocycles. The van der Waals surface area contributed by atoms with E-state index in [1.54, 1.807) is 19.1 Å². The Hall–Kier alpha value is -3.97. The topological polar surface area (TPSA) is 75.6 Å². The van der Waals surface area contributed by atoms with E-state index in [9.17, 15) is 9.18 Å². The monoisotopic (exact) mass is 473 g/mol. The Labute approximate surface area is 200 Å². The van der Waals surface area contributed by atoms with Crippen molar-refractivity contribution >= 4 is 28.5 Å². The SMILES string of the molecule is Cc1nn(-c2ccc(F)cc2)c(Cl)c1C(=O)N[C@@H](Cc1ccccc1)c1nc2ccccc2[nH]1. The quantitative estimate of drug-likeness (QED) is 0.339. The Bertz CT molecular complexity index is 1430. The second-order valence-corrected chi connectivity index (χ2v) is 8.35. The molecule has 0 aliphatic rings. The van der Waals surface area contributed by atoms with Gasteiger partial charge in [0.05, 0.1) is 34.0 Å². The highest BCUT2D eigenvalue weighted by molar-refractivity contribution is 6.33. The van der Waals surface area contributed by atoms with E-state index in [0.29, 0.717) is 23.6 Å². The van der Waals surface area contributed by atoms with Crippen molar-refractivity contribution in [3.63, 3.8) is 0 Å². The van der Waals surface area contributed by atoms with Gasteiger partial charge >= 0.3 is 0 Å². The zero-order valence-electron chi connectivity index (χ0n) is 18.3. The van der Waals surface area contributed by atoms with E-state index in [0.717, 1.165) is 16.6 Å². The summed E-state index contributed by atoms with van der Waals surface area (Å²) in [7, 11) is 0. The van der Waals surface area contributed by atoms with Crippen LogP contribution in [0.5, 0.6) is 0 Å². The molecule has 2 N–H and O–H groups in total. The fraction of sp³-hybridized carbons (Fsp3) is 0.115. The van der Waals surface area contributed by atoms with Gasteiger partial charge in [0.1, 0.15) is 16.8 Å². The number of nitrogens with zero attached hydrogens (tertiary/aromatic N) is 3. The van der Waals surface area contributed by atoms with Crippen molar-refractivity contribution in [2.24, 2.45) is 0 Å². The third kappa shape index (κ3) is 4.30. The van der Waals surface area contributed by atoms with Crippen LogP contribution in [0.4, 0.5) is 4.39 Å². The van der Waals surface area contributed by atoms with Crippen molar-refractivity contribution in [1.29, 1.82) is 0 Å². The van der Waals surface area contributed by atoms with Crippen LogP contribution >= 0.6 is 11.6 Å². The normalized spacial score (nSPS) is 12.1. The van der Waals surface area contributed by atoms with Gasteiger partial charge in [-0.3, -0.25) is 4.79 Å². The molecule has 34 heavy (non-hydrogen) atoms. The number of imidazole rings is 1. The molecule has 1 amide bonds. The molecule has 2 aromatic heterocycles. The summed E-state index contributed by atoms with van der Waals surface area (Å²) in [5, 5.41) is 7.65. The zero-order chi connectivity index (χ0) is 23.7. The summed E-state index contributed by atoms with van der Waals surface area (Å²) in [5.74, 6) is -0.0772. The molecule has 3 aromatic carbocycles. The Morgan fingerprint density at radius 2 is 1.76 bits per heavy atom. The highest BCUT2D eigenvalue weighted by Gasteiger charge is 2.25. The Morgan fingerprint density at radius 1 is 1.06 bits per heavy atom. The number of fused-ring (bicyclic) bond motifs is 1. The van der Waals surface area contributed by atoms with Crippen LogP contribution < -0.4 is 5.32 Å². The van der Waals surface area contributed by atoms with Crippen molar-refractivity contribution in [3.05, 3.63) is 112 Å². The van der Waals surface area contributed by atoms with Crippen LogP contribution in [-0.2, 0) is 6.42 Å². The van der Waals surface area contributed by atoms with E-state index < -0.39 is 6.04 Å². The average molecular weight is 474 g/mol. The first kappa shape index (κ1) is 21.9. The van der Waals surface area contributed by atoms with Crippen LogP contribution in [-0.4, -0.2) is 25.7 Å². The number of aromatic amines is 1. The van der Waals surface area contributed by atoms with Gasteiger partial charge in [0.2, 0.25) is 0 Å². The minimum absolute atomic E-state index is 0.157. The lowest BCUT2D eigenvalue weighted by atomic mass is 10.0. The highest BCUT2D eigenvalue weighted by atomic mass is 35.5. The Morgan fingerprint density at radius 3 is 2.50 bits per heavy atom. The molecular weight excluding hydrogens is 453 g/mol. The van der Waals surface area contributed by atoms with Crippen LogP contribution in [0.2, 0.25) is 5.15 Å². The molecule has 0 unspecified atom stereocenters. The molecule has 5 rings (SSSR count). The maximum Gasteiger partial charge on any atom is 0.256 e. The molecule has 0 fully saturated rings. The number of para-hydroxylation sites is 2. The summed E-state index contributed by atoms with van der Waals surface area (Å²) in [5.41, 5.74) is 4.06. The average Bonchev–Trinajstić information content (AvgIpc) is 3.40. The lowest BCUT2D eigenvalue weighted by Crippen LogP contribution is -2.31. The van der Waals surface area contributed by atoms with E-state index in [1.165, 1.54) is 16.8 Å². The smallest absolute Gasteiger partial charge is 0.256 e. The number of nitrogens with one attached hydrogen (secondary N) is 2. The molecular formula is C26H21ClFN5O. The molecule has 0 saturated carbocycles. The first-order valence-electron chi connectivity index (χ1n) is 10.8. The van der Waals surface area contributed by atoms with Crippen LogP contribution in [0.3, 0.4) is 0 Å². The van der Waals surface area contributed by atoms with Crippen molar-refractivity contribution in [1.82, 2.24) is 25.1 Å². The van der Waals surface area contributed by atoms with Gasteiger partial charge < -0.3 is 10.3 Å². The summed E-state index contributed by atoms with van der Waals surface area (Å²) in [6.45, 7) is 1.72. The molecule has 170 valence electrons. The predicted octanol–water partition coefficient (Wildman–Crippen LogP) is 5.56. The molecule has 0 bridgehead atoms. The summed E-state index contributed by atoms with van der Waals surface area (Å²) in [4.78, 5) is 21.4. The summed E-state index contributed by atoms with van der Waals surface area (Å²) < 4.78 is 14.8. The number of benzene rings is 3. The lowest BCUT2D eigenvalue weighted by Gasteiger charge is -2.17. The first-order valence-corrected chi connectivity index (χ1v) is 11.2. The third-order valence-electron chi connectivity index (χ3n) is 5.63. The first-order chi connectivity index (χ1) is 16.5. The number of aromatic nitrogens is 4. The molecule has 6 nitrogen and oxygen atoms in total. The number of aryl methyl sites for hydroxylation is 1. The number of H-pyrrole nitrogens is 1. The predicted molar refractivity (Wildman–Crippen MR) is 130 cm³/mol. The fourth-order valence-corrected chi connectivity index (χ4v) is 4.30. The number of hydrogen-bond donors (Lipinski definition) is 2. The number of rotatable bonds is 6. The van der Waals surface area contributed by atoms with Gasteiger partial charge in [-0.25, -0.2) is 14.1 Å². The van der Waals surface area contributed by atoms with Crippen LogP contribution in [0.15, 0.2) is 78.9 Å². The number of hydrogen-bond acceptors (Lipinski definition) is 3. The number of halogens is 2. The minimum atomic E-state index is -0.424.